The Morgan fingerprint density at radius 1 is 1.13 bits per heavy atom. The number of furan rings is 1. The van der Waals surface area contributed by atoms with Crippen LogP contribution in [0.5, 0.6) is 0 Å². The van der Waals surface area contributed by atoms with Crippen molar-refractivity contribution in [1.82, 2.24) is 20.4 Å². The second-order valence-electron chi connectivity index (χ2n) is 7.91. The van der Waals surface area contributed by atoms with Crippen molar-refractivity contribution in [2.24, 2.45) is 4.99 Å². The summed E-state index contributed by atoms with van der Waals surface area (Å²) in [6.45, 7) is 5.52. The van der Waals surface area contributed by atoms with Crippen LogP contribution in [0.4, 0.5) is 0 Å². The van der Waals surface area contributed by atoms with Crippen molar-refractivity contribution in [1.29, 1.82) is 0 Å². The van der Waals surface area contributed by atoms with Crippen molar-refractivity contribution in [2.45, 2.75) is 32.4 Å². The summed E-state index contributed by atoms with van der Waals surface area (Å²) >= 11 is 0. The predicted molar refractivity (Wildman–Crippen MR) is 120 cm³/mol. The Bertz CT molecular complexity index is 851. The van der Waals surface area contributed by atoms with Gasteiger partial charge in [-0.15, -0.1) is 0 Å². The molecule has 0 radical (unpaired) electrons. The van der Waals surface area contributed by atoms with Gasteiger partial charge in [0, 0.05) is 39.8 Å². The summed E-state index contributed by atoms with van der Waals surface area (Å²) in [4.78, 5) is 20.4. The summed E-state index contributed by atoms with van der Waals surface area (Å²) in [5.41, 5.74) is 1.78. The van der Waals surface area contributed by atoms with Gasteiger partial charge in [0.1, 0.15) is 11.5 Å². The maximum Gasteiger partial charge on any atom is 0.253 e. The minimum atomic E-state index is 0.00750. The van der Waals surface area contributed by atoms with Crippen LogP contribution < -0.4 is 10.6 Å². The molecule has 1 aromatic carbocycles. The van der Waals surface area contributed by atoms with Crippen molar-refractivity contribution in [3.05, 3.63) is 59.0 Å². The number of aliphatic imine (C=N–C) groups is 1. The Balaban J connectivity index is 1.56. The van der Waals surface area contributed by atoms with Crippen LogP contribution in [0, 0.1) is 6.92 Å². The number of aryl methyl sites for hydroxylation is 1. The van der Waals surface area contributed by atoms with Gasteiger partial charge in [0.25, 0.3) is 5.91 Å². The average Bonchev–Trinajstić information content (AvgIpc) is 3.42. The molecule has 2 N–H and O–H groups in total. The molecule has 2 heterocycles. The zero-order valence-corrected chi connectivity index (χ0v) is 18.4. The molecule has 0 aliphatic carbocycles. The minimum Gasteiger partial charge on any atom is -0.465 e. The fourth-order valence-electron chi connectivity index (χ4n) is 3.72. The van der Waals surface area contributed by atoms with Crippen molar-refractivity contribution < 1.29 is 9.21 Å². The van der Waals surface area contributed by atoms with Crippen LogP contribution in [-0.2, 0) is 6.54 Å². The van der Waals surface area contributed by atoms with Gasteiger partial charge >= 0.3 is 0 Å². The third-order valence-electron chi connectivity index (χ3n) is 5.42. The molecule has 1 fully saturated rings. The summed E-state index contributed by atoms with van der Waals surface area (Å²) in [5.74, 6) is 2.69. The second-order valence-corrected chi connectivity index (χ2v) is 7.91. The van der Waals surface area contributed by atoms with Crippen LogP contribution in [0.15, 0.2) is 45.8 Å². The van der Waals surface area contributed by atoms with Crippen LogP contribution in [0.3, 0.4) is 0 Å². The van der Waals surface area contributed by atoms with Crippen LogP contribution in [0.1, 0.15) is 46.3 Å². The Hall–Kier alpha value is -2.80. The number of likely N-dealkylation sites (tertiary alicyclic amines) is 1. The summed E-state index contributed by atoms with van der Waals surface area (Å²) in [6, 6.07) is 11.9. The molecule has 7 heteroatoms. The lowest BCUT2D eigenvalue weighted by Crippen LogP contribution is -2.42. The molecule has 0 bridgehead atoms. The van der Waals surface area contributed by atoms with Crippen LogP contribution >= 0.6 is 0 Å². The van der Waals surface area contributed by atoms with Gasteiger partial charge in [-0.2, -0.15) is 0 Å². The lowest BCUT2D eigenvalue weighted by molar-refractivity contribution is 0.0827. The number of benzene rings is 1. The average molecular weight is 412 g/mol. The highest BCUT2D eigenvalue weighted by Gasteiger charge is 2.26. The number of nitrogens with one attached hydrogen (secondary N) is 2. The second kappa shape index (κ2) is 10.3. The Kier molecular flexibility index (Phi) is 7.52. The summed E-state index contributed by atoms with van der Waals surface area (Å²) in [5, 5.41) is 6.80. The molecule has 30 heavy (non-hydrogen) atoms. The maximum absolute atomic E-state index is 12.0. The van der Waals surface area contributed by atoms with E-state index in [0.717, 1.165) is 42.7 Å². The SMILES string of the molecule is CN=C(NCc1ccc(C(=O)N(C)C)cc1)NCC(c1ccc(C)o1)N1CCCC1. The van der Waals surface area contributed by atoms with Gasteiger partial charge in [-0.3, -0.25) is 14.7 Å². The zero-order valence-electron chi connectivity index (χ0n) is 18.4. The van der Waals surface area contributed by atoms with Gasteiger partial charge in [-0.05, 0) is 62.7 Å². The highest BCUT2D eigenvalue weighted by molar-refractivity contribution is 5.93. The number of hydrogen-bond acceptors (Lipinski definition) is 4. The molecule has 1 amide bonds. The lowest BCUT2D eigenvalue weighted by Gasteiger charge is -2.26. The first-order valence-electron chi connectivity index (χ1n) is 10.5. The van der Waals surface area contributed by atoms with E-state index in [4.69, 9.17) is 4.42 Å². The molecule has 1 unspecified atom stereocenters. The van der Waals surface area contributed by atoms with Crippen LogP contribution in [0.25, 0.3) is 0 Å². The minimum absolute atomic E-state index is 0.00750. The zero-order chi connectivity index (χ0) is 21.5. The van der Waals surface area contributed by atoms with Gasteiger partial charge in [-0.25, -0.2) is 0 Å². The molecule has 1 atom stereocenters. The normalized spacial score (nSPS) is 15.8. The van der Waals surface area contributed by atoms with E-state index in [1.165, 1.54) is 12.8 Å². The summed E-state index contributed by atoms with van der Waals surface area (Å²) in [6.07, 6.45) is 2.46. The summed E-state index contributed by atoms with van der Waals surface area (Å²) in [7, 11) is 5.29. The highest BCUT2D eigenvalue weighted by Crippen LogP contribution is 2.26. The molecule has 1 saturated heterocycles. The molecular weight excluding hydrogens is 378 g/mol. The van der Waals surface area contributed by atoms with Crippen LogP contribution in [0.2, 0.25) is 0 Å². The molecule has 2 aromatic rings. The molecule has 1 aliphatic rings. The van der Waals surface area contributed by atoms with Gasteiger partial charge in [0.15, 0.2) is 5.96 Å². The van der Waals surface area contributed by atoms with Crippen molar-refractivity contribution in [3.63, 3.8) is 0 Å². The number of guanidine groups is 1. The molecule has 0 saturated carbocycles. The molecule has 3 rings (SSSR count). The van der Waals surface area contributed by atoms with Gasteiger partial charge in [-0.1, -0.05) is 12.1 Å². The van der Waals surface area contributed by atoms with Crippen molar-refractivity contribution in [2.75, 3.05) is 40.8 Å². The van der Waals surface area contributed by atoms with E-state index in [-0.39, 0.29) is 11.9 Å². The smallest absolute Gasteiger partial charge is 0.253 e. The third kappa shape index (κ3) is 5.63. The predicted octanol–water partition coefficient (Wildman–Crippen LogP) is 2.79. The first-order valence-corrected chi connectivity index (χ1v) is 10.5. The van der Waals surface area contributed by atoms with Crippen LogP contribution in [-0.4, -0.2) is 62.4 Å². The fraction of sp³-hybridized carbons (Fsp3) is 0.478. The largest absolute Gasteiger partial charge is 0.465 e. The van der Waals surface area contributed by atoms with E-state index in [0.29, 0.717) is 12.1 Å². The van der Waals surface area contributed by atoms with Gasteiger partial charge in [0.2, 0.25) is 0 Å². The number of hydrogen-bond donors (Lipinski definition) is 2. The van der Waals surface area contributed by atoms with E-state index in [2.05, 4.69) is 26.6 Å². The van der Waals surface area contributed by atoms with Gasteiger partial charge in [0.05, 0.1) is 6.04 Å². The van der Waals surface area contributed by atoms with E-state index in [9.17, 15) is 4.79 Å². The molecule has 1 aliphatic heterocycles. The van der Waals surface area contributed by atoms with Gasteiger partial charge < -0.3 is 20.0 Å². The van der Waals surface area contributed by atoms with E-state index in [1.807, 2.05) is 37.3 Å². The first-order chi connectivity index (χ1) is 14.5. The maximum atomic E-state index is 12.0. The quantitative estimate of drug-likeness (QED) is 0.541. The first kappa shape index (κ1) is 21.9. The standard InChI is InChI=1S/C23H33N5O2/c1-17-7-12-21(30-17)20(28-13-5-6-14-28)16-26-23(24-2)25-15-18-8-10-19(11-9-18)22(29)27(3)4/h7-12,20H,5-6,13-16H2,1-4H3,(H2,24,25,26). The van der Waals surface area contributed by atoms with E-state index < -0.39 is 0 Å². The lowest BCUT2D eigenvalue weighted by atomic mass is 10.1. The number of carbonyl (C=O) groups excluding carboxylic acids is 1. The number of carbonyl (C=O) groups is 1. The molecule has 162 valence electrons. The number of rotatable bonds is 7. The monoisotopic (exact) mass is 411 g/mol. The topological polar surface area (TPSA) is 73.1 Å². The fourth-order valence-corrected chi connectivity index (χ4v) is 3.72. The Morgan fingerprint density at radius 3 is 2.40 bits per heavy atom. The van der Waals surface area contributed by atoms with Crippen molar-refractivity contribution >= 4 is 11.9 Å². The Morgan fingerprint density at radius 2 is 1.83 bits per heavy atom. The summed E-state index contributed by atoms with van der Waals surface area (Å²) < 4.78 is 5.93. The molecule has 7 nitrogen and oxygen atoms in total. The third-order valence-corrected chi connectivity index (χ3v) is 5.42. The Labute approximate surface area is 179 Å². The molecule has 1 aromatic heterocycles. The number of amides is 1. The molecular formula is C23H33N5O2. The van der Waals surface area contributed by atoms with E-state index in [1.54, 1.807) is 26.0 Å². The number of nitrogens with zero attached hydrogens (tertiary/aromatic N) is 3. The van der Waals surface area contributed by atoms with E-state index >= 15 is 0 Å². The highest BCUT2D eigenvalue weighted by atomic mass is 16.3. The molecule has 0 spiro atoms. The van der Waals surface area contributed by atoms with Crippen molar-refractivity contribution in [3.8, 4) is 0 Å².